The Balaban J connectivity index is 3.08. The van der Waals surface area contributed by atoms with Gasteiger partial charge in [-0.1, -0.05) is 36.7 Å². The fourth-order valence-electron chi connectivity index (χ4n) is 2.22. The van der Waals surface area contributed by atoms with Gasteiger partial charge in [-0.2, -0.15) is 0 Å². The topological polar surface area (TPSA) is 49.9 Å². The van der Waals surface area contributed by atoms with Crippen LogP contribution < -0.4 is 0 Å². The molecule has 2 unspecified atom stereocenters. The lowest BCUT2D eigenvalue weighted by Gasteiger charge is -2.38. The SMILES string of the molecule is CN1C(=O)C(Br)N(C(=O)OC(C)(C)C)C1C(C)(C)C. The van der Waals surface area contributed by atoms with E-state index in [0.717, 1.165) is 0 Å². The second-order valence-electron chi connectivity index (χ2n) is 6.91. The van der Waals surface area contributed by atoms with Gasteiger partial charge < -0.3 is 9.64 Å². The summed E-state index contributed by atoms with van der Waals surface area (Å²) in [6, 6.07) is 0. The van der Waals surface area contributed by atoms with Crippen LogP contribution in [0.3, 0.4) is 0 Å². The monoisotopic (exact) mass is 334 g/mol. The minimum atomic E-state index is -0.670. The highest BCUT2D eigenvalue weighted by molar-refractivity contribution is 9.10. The largest absolute Gasteiger partial charge is 0.444 e. The Morgan fingerprint density at radius 3 is 2.05 bits per heavy atom. The second kappa shape index (κ2) is 4.96. The third kappa shape index (κ3) is 3.41. The van der Waals surface area contributed by atoms with Gasteiger partial charge in [0.05, 0.1) is 0 Å². The minimum absolute atomic E-state index is 0.134. The van der Waals surface area contributed by atoms with Crippen molar-refractivity contribution in [1.29, 1.82) is 0 Å². The summed E-state index contributed by atoms with van der Waals surface area (Å²) < 4.78 is 5.39. The molecule has 0 saturated carbocycles. The van der Waals surface area contributed by atoms with E-state index in [1.807, 2.05) is 41.5 Å². The Kier molecular flexibility index (Phi) is 4.25. The number of hydrogen-bond acceptors (Lipinski definition) is 3. The second-order valence-corrected chi connectivity index (χ2v) is 7.78. The lowest BCUT2D eigenvalue weighted by Crippen LogP contribution is -2.51. The Morgan fingerprint density at radius 2 is 1.68 bits per heavy atom. The smallest absolute Gasteiger partial charge is 0.413 e. The van der Waals surface area contributed by atoms with Gasteiger partial charge in [0, 0.05) is 12.5 Å². The molecular weight excluding hydrogens is 312 g/mol. The average molecular weight is 335 g/mol. The zero-order chi connectivity index (χ0) is 15.2. The number of likely N-dealkylation sites (N-methyl/N-ethyl adjacent to an activating group) is 1. The number of rotatable bonds is 0. The van der Waals surface area contributed by atoms with E-state index in [0.29, 0.717) is 0 Å². The van der Waals surface area contributed by atoms with Crippen molar-refractivity contribution < 1.29 is 14.3 Å². The van der Waals surface area contributed by atoms with Crippen LogP contribution in [0, 0.1) is 5.41 Å². The zero-order valence-electron chi connectivity index (χ0n) is 12.7. The molecule has 19 heavy (non-hydrogen) atoms. The first-order valence-corrected chi connectivity index (χ1v) is 7.20. The van der Waals surface area contributed by atoms with Crippen molar-refractivity contribution in [2.75, 3.05) is 7.05 Å². The first-order chi connectivity index (χ1) is 8.36. The molecule has 2 atom stereocenters. The molecule has 0 aromatic carbocycles. The van der Waals surface area contributed by atoms with Crippen molar-refractivity contribution in [3.05, 3.63) is 0 Å². The molecule has 0 aromatic rings. The Bertz CT molecular complexity index is 384. The van der Waals surface area contributed by atoms with Gasteiger partial charge in [0.1, 0.15) is 11.8 Å². The van der Waals surface area contributed by atoms with Crippen molar-refractivity contribution in [1.82, 2.24) is 9.80 Å². The van der Waals surface area contributed by atoms with Crippen LogP contribution in [-0.2, 0) is 9.53 Å². The Labute approximate surface area is 123 Å². The van der Waals surface area contributed by atoms with Crippen LogP contribution in [-0.4, -0.2) is 45.6 Å². The predicted molar refractivity (Wildman–Crippen MR) is 76.8 cm³/mol. The van der Waals surface area contributed by atoms with Crippen LogP contribution in [0.1, 0.15) is 41.5 Å². The number of hydrogen-bond donors (Lipinski definition) is 0. The molecule has 1 aliphatic rings. The average Bonchev–Trinajstić information content (AvgIpc) is 2.39. The number of halogens is 1. The van der Waals surface area contributed by atoms with Gasteiger partial charge in [-0.3, -0.25) is 9.69 Å². The van der Waals surface area contributed by atoms with Gasteiger partial charge in [-0.25, -0.2) is 4.79 Å². The molecule has 1 rings (SSSR count). The highest BCUT2D eigenvalue weighted by Crippen LogP contribution is 2.36. The molecule has 0 bridgehead atoms. The highest BCUT2D eigenvalue weighted by atomic mass is 79.9. The van der Waals surface area contributed by atoms with Crippen LogP contribution in [0.2, 0.25) is 0 Å². The van der Waals surface area contributed by atoms with E-state index in [2.05, 4.69) is 15.9 Å². The third-order valence-corrected chi connectivity index (χ3v) is 3.64. The molecule has 0 aromatic heterocycles. The Hall–Kier alpha value is -0.780. The molecule has 1 aliphatic heterocycles. The van der Waals surface area contributed by atoms with Gasteiger partial charge in [-0.15, -0.1) is 0 Å². The molecule has 0 N–H and O–H groups in total. The normalized spacial score (nSPS) is 24.9. The first kappa shape index (κ1) is 16.3. The third-order valence-electron chi connectivity index (χ3n) is 2.80. The molecule has 5 nitrogen and oxygen atoms in total. The Morgan fingerprint density at radius 1 is 1.21 bits per heavy atom. The first-order valence-electron chi connectivity index (χ1n) is 6.28. The van der Waals surface area contributed by atoms with Gasteiger partial charge in [0.15, 0.2) is 4.95 Å². The number of nitrogens with zero attached hydrogens (tertiary/aromatic N) is 2. The molecule has 0 aliphatic carbocycles. The van der Waals surface area contributed by atoms with E-state index in [9.17, 15) is 9.59 Å². The van der Waals surface area contributed by atoms with E-state index >= 15 is 0 Å². The van der Waals surface area contributed by atoms with Crippen molar-refractivity contribution >= 4 is 27.9 Å². The number of alkyl halides is 1. The van der Waals surface area contributed by atoms with E-state index in [1.165, 1.54) is 4.90 Å². The summed E-state index contributed by atoms with van der Waals surface area (Å²) in [7, 11) is 1.71. The van der Waals surface area contributed by atoms with Crippen molar-refractivity contribution in [2.45, 2.75) is 58.3 Å². The molecule has 1 fully saturated rings. The summed E-state index contributed by atoms with van der Waals surface area (Å²) in [6.45, 7) is 11.4. The lowest BCUT2D eigenvalue weighted by molar-refractivity contribution is -0.128. The summed E-state index contributed by atoms with van der Waals surface area (Å²) in [4.78, 5) is 26.8. The van der Waals surface area contributed by atoms with Gasteiger partial charge in [-0.05, 0) is 20.8 Å². The highest BCUT2D eigenvalue weighted by Gasteiger charge is 2.51. The summed E-state index contributed by atoms with van der Waals surface area (Å²) in [6.07, 6.45) is -0.814. The molecule has 1 saturated heterocycles. The maximum Gasteiger partial charge on any atom is 0.413 e. The van der Waals surface area contributed by atoms with Crippen LogP contribution in [0.25, 0.3) is 0 Å². The fourth-order valence-corrected chi connectivity index (χ4v) is 2.94. The molecular formula is C13H23BrN2O3. The van der Waals surface area contributed by atoms with Crippen molar-refractivity contribution in [2.24, 2.45) is 5.41 Å². The van der Waals surface area contributed by atoms with E-state index in [1.54, 1.807) is 11.9 Å². The molecule has 0 spiro atoms. The lowest BCUT2D eigenvalue weighted by atomic mass is 9.91. The van der Waals surface area contributed by atoms with E-state index < -0.39 is 16.6 Å². The fraction of sp³-hybridized carbons (Fsp3) is 0.846. The molecule has 110 valence electrons. The predicted octanol–water partition coefficient (Wildman–Crippen LogP) is 2.79. The zero-order valence-corrected chi connectivity index (χ0v) is 14.2. The van der Waals surface area contributed by atoms with Crippen molar-refractivity contribution in [3.8, 4) is 0 Å². The van der Waals surface area contributed by atoms with Gasteiger partial charge in [0.25, 0.3) is 5.91 Å². The number of amides is 2. The molecule has 2 amide bonds. The van der Waals surface area contributed by atoms with E-state index in [4.69, 9.17) is 4.74 Å². The van der Waals surface area contributed by atoms with Gasteiger partial charge >= 0.3 is 6.09 Å². The summed E-state index contributed by atoms with van der Waals surface area (Å²) >= 11 is 3.29. The van der Waals surface area contributed by atoms with Crippen LogP contribution >= 0.6 is 15.9 Å². The van der Waals surface area contributed by atoms with E-state index in [-0.39, 0.29) is 17.5 Å². The molecule has 6 heteroatoms. The van der Waals surface area contributed by atoms with Crippen LogP contribution in [0.5, 0.6) is 0 Å². The quantitative estimate of drug-likeness (QED) is 0.505. The number of ether oxygens (including phenoxy) is 1. The summed E-state index contributed by atoms with van der Waals surface area (Å²) in [5.41, 5.74) is -0.847. The van der Waals surface area contributed by atoms with Crippen LogP contribution in [0.15, 0.2) is 0 Å². The van der Waals surface area contributed by atoms with Gasteiger partial charge in [0.2, 0.25) is 0 Å². The number of carbonyl (C=O) groups is 2. The molecule has 1 heterocycles. The van der Waals surface area contributed by atoms with Crippen LogP contribution in [0.4, 0.5) is 4.79 Å². The standard InChI is InChI=1S/C13H23BrN2O3/c1-12(2,3)10-15(7)9(17)8(14)16(10)11(18)19-13(4,5)6/h8,10H,1-7H3. The summed E-state index contributed by atoms with van der Waals surface area (Å²) in [5, 5.41) is 0. The minimum Gasteiger partial charge on any atom is -0.444 e. The molecule has 0 radical (unpaired) electrons. The summed E-state index contributed by atoms with van der Waals surface area (Å²) in [5.74, 6) is -0.134. The maximum absolute atomic E-state index is 12.3. The maximum atomic E-state index is 12.3. The van der Waals surface area contributed by atoms with Crippen molar-refractivity contribution in [3.63, 3.8) is 0 Å². The number of carbonyl (C=O) groups excluding carboxylic acids is 2.